The number of benzene rings is 3. The second-order valence-electron chi connectivity index (χ2n) is 7.33. The van der Waals surface area contributed by atoms with Crippen molar-refractivity contribution in [2.24, 2.45) is 0 Å². The molecule has 2 amide bonds. The second-order valence-corrected chi connectivity index (χ2v) is 7.74. The van der Waals surface area contributed by atoms with Crippen LogP contribution in [-0.4, -0.2) is 16.4 Å². The van der Waals surface area contributed by atoms with Crippen molar-refractivity contribution >= 4 is 34.8 Å². The first kappa shape index (κ1) is 22.0. The number of carbonyl (C=O) groups is 2. The lowest BCUT2D eigenvalue weighted by Gasteiger charge is -2.11. The first-order chi connectivity index (χ1) is 16.0. The Morgan fingerprint density at radius 1 is 0.727 bits per heavy atom. The molecule has 0 aliphatic heterocycles. The number of nitrogens with zero attached hydrogens (tertiary/aromatic N) is 1. The van der Waals surface area contributed by atoms with Crippen molar-refractivity contribution in [1.82, 2.24) is 4.57 Å². The fourth-order valence-corrected chi connectivity index (χ4v) is 3.47. The van der Waals surface area contributed by atoms with E-state index in [-0.39, 0.29) is 23.9 Å². The first-order valence-corrected chi connectivity index (χ1v) is 10.6. The van der Waals surface area contributed by atoms with E-state index in [1.165, 1.54) is 22.9 Å². The van der Waals surface area contributed by atoms with Crippen LogP contribution in [0.4, 0.5) is 11.4 Å². The zero-order valence-electron chi connectivity index (χ0n) is 17.5. The van der Waals surface area contributed by atoms with Gasteiger partial charge in [-0.25, -0.2) is 0 Å². The molecule has 0 bridgehead atoms. The number of anilines is 2. The normalized spacial score (nSPS) is 10.5. The highest BCUT2D eigenvalue weighted by atomic mass is 35.5. The topological polar surface area (TPSA) is 80.2 Å². The number of aromatic nitrogens is 1. The molecule has 0 aliphatic rings. The number of pyridine rings is 1. The van der Waals surface area contributed by atoms with Gasteiger partial charge in [-0.15, -0.1) is 0 Å². The smallest absolute Gasteiger partial charge is 0.257 e. The van der Waals surface area contributed by atoms with E-state index in [0.29, 0.717) is 27.5 Å². The molecule has 3 aromatic carbocycles. The summed E-state index contributed by atoms with van der Waals surface area (Å²) < 4.78 is 1.44. The number of carbonyl (C=O) groups excluding carboxylic acids is 2. The van der Waals surface area contributed by atoms with Crippen LogP contribution in [0.15, 0.2) is 102 Å². The van der Waals surface area contributed by atoms with Crippen LogP contribution in [0, 0.1) is 0 Å². The summed E-state index contributed by atoms with van der Waals surface area (Å²) in [6, 6.07) is 25.8. The molecule has 0 atom stereocenters. The highest BCUT2D eigenvalue weighted by Crippen LogP contribution is 2.18. The molecule has 0 radical (unpaired) electrons. The molecule has 7 heteroatoms. The summed E-state index contributed by atoms with van der Waals surface area (Å²) in [5.74, 6) is -0.625. The Morgan fingerprint density at radius 3 is 2.06 bits per heavy atom. The van der Waals surface area contributed by atoms with Gasteiger partial charge in [-0.05, 0) is 48.0 Å². The lowest BCUT2D eigenvalue weighted by molar-refractivity contribution is 0.101. The third-order valence-corrected chi connectivity index (χ3v) is 5.33. The fraction of sp³-hybridized carbons (Fsp3) is 0.0385. The molecule has 164 valence electrons. The number of hydrogen-bond donors (Lipinski definition) is 2. The lowest BCUT2D eigenvalue weighted by atomic mass is 10.2. The molecule has 0 spiro atoms. The van der Waals surface area contributed by atoms with Gasteiger partial charge in [-0.1, -0.05) is 54.1 Å². The summed E-state index contributed by atoms with van der Waals surface area (Å²) in [4.78, 5) is 37.5. The largest absolute Gasteiger partial charge is 0.322 e. The first-order valence-electron chi connectivity index (χ1n) is 10.2. The molecule has 0 saturated carbocycles. The molecule has 2 N–H and O–H groups in total. The van der Waals surface area contributed by atoms with Gasteiger partial charge < -0.3 is 15.2 Å². The Kier molecular flexibility index (Phi) is 6.66. The summed E-state index contributed by atoms with van der Waals surface area (Å²) in [5.41, 5.74) is 2.45. The van der Waals surface area contributed by atoms with Crippen LogP contribution in [-0.2, 0) is 6.54 Å². The molecule has 4 aromatic rings. The molecular formula is C26H20ClN3O3. The number of halogens is 1. The van der Waals surface area contributed by atoms with Crippen LogP contribution in [0.2, 0.25) is 5.02 Å². The zero-order valence-corrected chi connectivity index (χ0v) is 18.3. The van der Waals surface area contributed by atoms with Crippen molar-refractivity contribution in [1.29, 1.82) is 0 Å². The van der Waals surface area contributed by atoms with Crippen LogP contribution in [0.3, 0.4) is 0 Å². The van der Waals surface area contributed by atoms with E-state index in [2.05, 4.69) is 10.6 Å². The minimum absolute atomic E-state index is 0.239. The van der Waals surface area contributed by atoms with Crippen LogP contribution in [0.1, 0.15) is 26.3 Å². The molecule has 0 fully saturated rings. The van der Waals surface area contributed by atoms with E-state index >= 15 is 0 Å². The molecule has 6 nitrogen and oxygen atoms in total. The average Bonchev–Trinajstić information content (AvgIpc) is 2.82. The summed E-state index contributed by atoms with van der Waals surface area (Å²) in [7, 11) is 0. The van der Waals surface area contributed by atoms with Crippen molar-refractivity contribution in [2.75, 3.05) is 10.6 Å². The van der Waals surface area contributed by atoms with Gasteiger partial charge in [0.1, 0.15) is 0 Å². The van der Waals surface area contributed by atoms with Crippen LogP contribution >= 0.6 is 11.6 Å². The lowest BCUT2D eigenvalue weighted by Crippen LogP contribution is -2.22. The van der Waals surface area contributed by atoms with E-state index in [1.807, 2.05) is 24.3 Å². The maximum atomic E-state index is 12.8. The molecule has 33 heavy (non-hydrogen) atoms. The van der Waals surface area contributed by atoms with Crippen molar-refractivity contribution in [3.05, 3.63) is 129 Å². The van der Waals surface area contributed by atoms with E-state index < -0.39 is 0 Å². The predicted octanol–water partition coefficient (Wildman–Crippen LogP) is 5.05. The van der Waals surface area contributed by atoms with Gasteiger partial charge in [0.2, 0.25) is 0 Å². The molecule has 1 aromatic heterocycles. The Bertz CT molecular complexity index is 1370. The standard InChI is InChI=1S/C26H20ClN3O3/c27-23-12-5-4-9-19(23)16-30-17-20(13-14-24(30)31)26(33)29-22-11-6-10-21(15-22)28-25(32)18-7-2-1-3-8-18/h1-15,17H,16H2,(H,28,32)(H,29,33). The summed E-state index contributed by atoms with van der Waals surface area (Å²) in [5, 5.41) is 6.16. The number of amides is 2. The van der Waals surface area contributed by atoms with Crippen LogP contribution in [0.5, 0.6) is 0 Å². The van der Waals surface area contributed by atoms with E-state index in [1.54, 1.807) is 54.6 Å². The number of rotatable bonds is 6. The maximum absolute atomic E-state index is 12.8. The summed E-state index contributed by atoms with van der Waals surface area (Å²) >= 11 is 6.20. The summed E-state index contributed by atoms with van der Waals surface area (Å²) in [6.07, 6.45) is 1.50. The fourth-order valence-electron chi connectivity index (χ4n) is 3.27. The molecule has 4 rings (SSSR count). The second kappa shape index (κ2) is 9.97. The van der Waals surface area contributed by atoms with Gasteiger partial charge >= 0.3 is 0 Å². The molecule has 0 aliphatic carbocycles. The minimum atomic E-state index is -0.380. The maximum Gasteiger partial charge on any atom is 0.257 e. The van der Waals surface area contributed by atoms with Gasteiger partial charge in [-0.2, -0.15) is 0 Å². The van der Waals surface area contributed by atoms with E-state index in [0.717, 1.165) is 5.56 Å². The van der Waals surface area contributed by atoms with Gasteiger partial charge in [0.05, 0.1) is 12.1 Å². The Hall–Kier alpha value is -4.16. The zero-order chi connectivity index (χ0) is 23.2. The Labute approximate surface area is 195 Å². The van der Waals surface area contributed by atoms with Crippen LogP contribution < -0.4 is 16.2 Å². The third-order valence-electron chi connectivity index (χ3n) is 4.96. The van der Waals surface area contributed by atoms with E-state index in [9.17, 15) is 14.4 Å². The molecule has 0 saturated heterocycles. The van der Waals surface area contributed by atoms with Crippen molar-refractivity contribution in [3.63, 3.8) is 0 Å². The van der Waals surface area contributed by atoms with Gasteiger partial charge in [0.25, 0.3) is 17.4 Å². The third kappa shape index (κ3) is 5.56. The number of nitrogens with one attached hydrogen (secondary N) is 2. The van der Waals surface area contributed by atoms with Gasteiger partial charge in [0.15, 0.2) is 0 Å². The highest BCUT2D eigenvalue weighted by molar-refractivity contribution is 6.31. The average molecular weight is 458 g/mol. The predicted molar refractivity (Wildman–Crippen MR) is 130 cm³/mol. The Morgan fingerprint density at radius 2 is 1.36 bits per heavy atom. The minimum Gasteiger partial charge on any atom is -0.322 e. The molecular weight excluding hydrogens is 438 g/mol. The summed E-state index contributed by atoms with van der Waals surface area (Å²) in [6.45, 7) is 0.251. The monoisotopic (exact) mass is 457 g/mol. The molecule has 0 unspecified atom stereocenters. The van der Waals surface area contributed by atoms with Crippen molar-refractivity contribution in [2.45, 2.75) is 6.54 Å². The quantitative estimate of drug-likeness (QED) is 0.425. The van der Waals surface area contributed by atoms with Gasteiger partial charge in [-0.3, -0.25) is 14.4 Å². The van der Waals surface area contributed by atoms with Crippen LogP contribution in [0.25, 0.3) is 0 Å². The van der Waals surface area contributed by atoms with E-state index in [4.69, 9.17) is 11.6 Å². The SMILES string of the molecule is O=C(Nc1cccc(NC(=O)c2ccc(=O)n(Cc3ccccc3Cl)c2)c1)c1ccccc1. The Balaban J connectivity index is 1.48. The molecule has 1 heterocycles. The van der Waals surface area contributed by atoms with Crippen molar-refractivity contribution < 1.29 is 9.59 Å². The van der Waals surface area contributed by atoms with Crippen molar-refractivity contribution in [3.8, 4) is 0 Å². The highest BCUT2D eigenvalue weighted by Gasteiger charge is 2.11. The van der Waals surface area contributed by atoms with Gasteiger partial charge in [0, 0.05) is 34.2 Å². The number of hydrogen-bond acceptors (Lipinski definition) is 3.